The van der Waals surface area contributed by atoms with Gasteiger partial charge in [0.25, 0.3) is 11.8 Å². The van der Waals surface area contributed by atoms with E-state index in [0.29, 0.717) is 27.6 Å². The molecule has 4 rings (SSSR count). The van der Waals surface area contributed by atoms with Crippen molar-refractivity contribution < 1.29 is 19.2 Å². The molecule has 2 aliphatic rings. The average molecular weight is 474 g/mol. The van der Waals surface area contributed by atoms with Crippen LogP contribution in [0.1, 0.15) is 47.3 Å². The number of aryl methyl sites for hydroxylation is 1. The summed E-state index contributed by atoms with van der Waals surface area (Å²) in [7, 11) is 0. The van der Waals surface area contributed by atoms with Gasteiger partial charge in [-0.25, -0.2) is 4.79 Å². The van der Waals surface area contributed by atoms with Gasteiger partial charge in [0, 0.05) is 34.1 Å². The lowest BCUT2D eigenvalue weighted by atomic mass is 9.88. The van der Waals surface area contributed by atoms with E-state index in [2.05, 4.69) is 5.16 Å². The molecule has 32 heavy (non-hydrogen) atoms. The monoisotopic (exact) mass is 473 g/mol. The van der Waals surface area contributed by atoms with E-state index in [1.54, 1.807) is 44.2 Å². The highest BCUT2D eigenvalue weighted by Gasteiger charge is 2.40. The van der Waals surface area contributed by atoms with Gasteiger partial charge in [0.15, 0.2) is 5.60 Å². The minimum atomic E-state index is -0.724. The third-order valence-corrected chi connectivity index (χ3v) is 6.18. The lowest BCUT2D eigenvalue weighted by Gasteiger charge is -2.22. The van der Waals surface area contributed by atoms with Gasteiger partial charge in [-0.15, -0.1) is 0 Å². The van der Waals surface area contributed by atoms with E-state index in [9.17, 15) is 14.4 Å². The van der Waals surface area contributed by atoms with E-state index in [1.165, 1.54) is 0 Å². The van der Waals surface area contributed by atoms with Crippen LogP contribution in [0.15, 0.2) is 41.6 Å². The van der Waals surface area contributed by atoms with Gasteiger partial charge in [0.05, 0.1) is 5.71 Å². The minimum Gasteiger partial charge on any atom is -0.384 e. The van der Waals surface area contributed by atoms with Crippen LogP contribution in [0.2, 0.25) is 10.0 Å². The lowest BCUT2D eigenvalue weighted by molar-refractivity contribution is -0.125. The van der Waals surface area contributed by atoms with Crippen molar-refractivity contribution in [2.75, 3.05) is 13.1 Å². The Hall–Kier alpha value is -2.90. The second-order valence-corrected chi connectivity index (χ2v) is 8.91. The standard InChI is InChI=1S/C23H21Cl2N3O4/c1-4-27-20(29)12-28(22(27)31)21(30)18-6-5-14(7-13(18)2)19-11-23(3,32-26-19)15-8-16(24)10-17(25)9-15/h5-10H,4,11-12H2,1-3H3. The van der Waals surface area contributed by atoms with Crippen molar-refractivity contribution in [2.45, 2.75) is 32.8 Å². The second-order valence-electron chi connectivity index (χ2n) is 8.04. The first-order chi connectivity index (χ1) is 15.1. The number of hydrogen-bond donors (Lipinski definition) is 0. The molecular formula is C23H21Cl2N3O4. The molecule has 9 heteroatoms. The molecular weight excluding hydrogens is 453 g/mol. The molecule has 1 fully saturated rings. The Labute approximate surface area is 195 Å². The minimum absolute atomic E-state index is 0.232. The molecule has 1 unspecified atom stereocenters. The first-order valence-electron chi connectivity index (χ1n) is 10.1. The van der Waals surface area contributed by atoms with E-state index in [4.69, 9.17) is 28.0 Å². The number of imide groups is 2. The first-order valence-corrected chi connectivity index (χ1v) is 10.9. The predicted molar refractivity (Wildman–Crippen MR) is 121 cm³/mol. The van der Waals surface area contributed by atoms with Crippen molar-refractivity contribution >= 4 is 46.8 Å². The number of hydrogen-bond acceptors (Lipinski definition) is 5. The second kappa shape index (κ2) is 8.22. The molecule has 1 saturated heterocycles. The van der Waals surface area contributed by atoms with Gasteiger partial charge < -0.3 is 4.84 Å². The summed E-state index contributed by atoms with van der Waals surface area (Å²) < 4.78 is 0. The van der Waals surface area contributed by atoms with Crippen LogP contribution in [-0.2, 0) is 15.2 Å². The number of halogens is 2. The molecule has 2 heterocycles. The van der Waals surface area contributed by atoms with Crippen molar-refractivity contribution in [3.63, 3.8) is 0 Å². The Morgan fingerprint density at radius 3 is 2.44 bits per heavy atom. The topological polar surface area (TPSA) is 79.3 Å². The summed E-state index contributed by atoms with van der Waals surface area (Å²) in [5.41, 5.74) is 2.64. The van der Waals surface area contributed by atoms with E-state index in [0.717, 1.165) is 26.6 Å². The normalized spacial score (nSPS) is 20.6. The molecule has 7 nitrogen and oxygen atoms in total. The Morgan fingerprint density at radius 1 is 1.16 bits per heavy atom. The van der Waals surface area contributed by atoms with E-state index < -0.39 is 17.5 Å². The van der Waals surface area contributed by atoms with E-state index in [1.807, 2.05) is 13.0 Å². The Kier molecular flexibility index (Phi) is 5.73. The zero-order chi connectivity index (χ0) is 23.2. The molecule has 0 radical (unpaired) electrons. The van der Waals surface area contributed by atoms with Crippen LogP contribution in [0.4, 0.5) is 4.79 Å². The first kappa shape index (κ1) is 22.3. The number of urea groups is 1. The Bertz CT molecular complexity index is 1160. The van der Waals surface area contributed by atoms with Crippen LogP contribution < -0.4 is 0 Å². The summed E-state index contributed by atoms with van der Waals surface area (Å²) in [5, 5.41) is 5.29. The number of nitrogens with zero attached hydrogens (tertiary/aromatic N) is 3. The van der Waals surface area contributed by atoms with Crippen LogP contribution >= 0.6 is 23.2 Å². The molecule has 0 N–H and O–H groups in total. The van der Waals surface area contributed by atoms with Crippen LogP contribution in [0.25, 0.3) is 0 Å². The number of likely N-dealkylation sites (N-methyl/N-ethyl adjacent to an activating group) is 1. The molecule has 1 atom stereocenters. The van der Waals surface area contributed by atoms with Gasteiger partial charge in [-0.05, 0) is 62.2 Å². The van der Waals surface area contributed by atoms with Crippen molar-refractivity contribution in [3.05, 3.63) is 68.7 Å². The van der Waals surface area contributed by atoms with E-state index in [-0.39, 0.29) is 19.0 Å². The number of carbonyl (C=O) groups is 3. The molecule has 166 valence electrons. The van der Waals surface area contributed by atoms with Gasteiger partial charge in [-0.1, -0.05) is 34.4 Å². The van der Waals surface area contributed by atoms with Crippen molar-refractivity contribution in [1.82, 2.24) is 9.80 Å². The summed E-state index contributed by atoms with van der Waals surface area (Å²) in [6, 6.07) is 9.90. The number of oxime groups is 1. The van der Waals surface area contributed by atoms with Gasteiger partial charge >= 0.3 is 6.03 Å². The van der Waals surface area contributed by atoms with Crippen LogP contribution in [0, 0.1) is 6.92 Å². The Morgan fingerprint density at radius 2 is 1.84 bits per heavy atom. The van der Waals surface area contributed by atoms with Gasteiger partial charge in [0.1, 0.15) is 6.54 Å². The lowest BCUT2D eigenvalue weighted by Crippen LogP contribution is -2.36. The summed E-state index contributed by atoms with van der Waals surface area (Å²) in [5.74, 6) is -0.871. The maximum absolute atomic E-state index is 12.9. The van der Waals surface area contributed by atoms with E-state index >= 15 is 0 Å². The fourth-order valence-corrected chi connectivity index (χ4v) is 4.47. The molecule has 0 bridgehead atoms. The van der Waals surface area contributed by atoms with Crippen LogP contribution in [0.5, 0.6) is 0 Å². The fourth-order valence-electron chi connectivity index (χ4n) is 3.95. The van der Waals surface area contributed by atoms with Crippen LogP contribution in [-0.4, -0.2) is 46.4 Å². The molecule has 0 spiro atoms. The van der Waals surface area contributed by atoms with Crippen molar-refractivity contribution in [1.29, 1.82) is 0 Å². The molecule has 4 amide bonds. The summed E-state index contributed by atoms with van der Waals surface area (Å²) in [6.45, 7) is 5.37. The smallest absolute Gasteiger partial charge is 0.334 e. The van der Waals surface area contributed by atoms with Crippen molar-refractivity contribution in [3.8, 4) is 0 Å². The fraction of sp³-hybridized carbons (Fsp3) is 0.304. The highest BCUT2D eigenvalue weighted by atomic mass is 35.5. The van der Waals surface area contributed by atoms with Gasteiger partial charge in [-0.3, -0.25) is 19.4 Å². The molecule has 0 aliphatic carbocycles. The maximum atomic E-state index is 12.9. The quantitative estimate of drug-likeness (QED) is 0.599. The molecule has 0 saturated carbocycles. The largest absolute Gasteiger partial charge is 0.384 e. The SMILES string of the molecule is CCN1C(=O)CN(C(=O)c2ccc(C3=NOC(C)(c4cc(Cl)cc(Cl)c4)C3)cc2C)C1=O. The highest BCUT2D eigenvalue weighted by Crippen LogP contribution is 2.38. The van der Waals surface area contributed by atoms with Gasteiger partial charge in [0.2, 0.25) is 0 Å². The third kappa shape index (κ3) is 3.87. The highest BCUT2D eigenvalue weighted by molar-refractivity contribution is 6.34. The zero-order valence-corrected chi connectivity index (χ0v) is 19.3. The van der Waals surface area contributed by atoms with Gasteiger partial charge in [-0.2, -0.15) is 0 Å². The summed E-state index contributed by atoms with van der Waals surface area (Å²) in [4.78, 5) is 45.0. The molecule has 2 aromatic carbocycles. The number of amides is 4. The number of benzene rings is 2. The number of rotatable bonds is 4. The van der Waals surface area contributed by atoms with Crippen molar-refractivity contribution in [2.24, 2.45) is 5.16 Å². The summed E-state index contributed by atoms with van der Waals surface area (Å²) in [6.07, 6.45) is 0.487. The molecule has 0 aromatic heterocycles. The number of carbonyl (C=O) groups excluding carboxylic acids is 3. The molecule has 2 aromatic rings. The molecule has 2 aliphatic heterocycles. The zero-order valence-electron chi connectivity index (χ0n) is 17.8. The average Bonchev–Trinajstić information content (AvgIpc) is 3.27. The van der Waals surface area contributed by atoms with Crippen LogP contribution in [0.3, 0.4) is 0 Å². The Balaban J connectivity index is 1.55. The predicted octanol–water partition coefficient (Wildman–Crippen LogP) is 4.77. The third-order valence-electron chi connectivity index (χ3n) is 5.74. The summed E-state index contributed by atoms with van der Waals surface area (Å²) >= 11 is 12.3. The maximum Gasteiger partial charge on any atom is 0.334 e.